The first-order valence-electron chi connectivity index (χ1n) is 9.48. The molecular formula is C21H22N2O5. The Hall–Kier alpha value is -2.77. The van der Waals surface area contributed by atoms with E-state index in [-0.39, 0.29) is 30.0 Å². The fourth-order valence-electron chi connectivity index (χ4n) is 3.75. The number of nitrogens with zero attached hydrogens (tertiary/aromatic N) is 2. The number of carbonyl (C=O) groups excluding carboxylic acids is 1. The van der Waals surface area contributed by atoms with Gasteiger partial charge in [-0.05, 0) is 29.7 Å². The van der Waals surface area contributed by atoms with E-state index in [0.29, 0.717) is 6.61 Å². The van der Waals surface area contributed by atoms with Crippen molar-refractivity contribution < 1.29 is 19.2 Å². The number of carbonyl (C=O) groups is 1. The van der Waals surface area contributed by atoms with Gasteiger partial charge in [0.2, 0.25) is 0 Å². The zero-order chi connectivity index (χ0) is 19.7. The normalized spacial score (nSPS) is 26.2. The minimum atomic E-state index is -0.575. The van der Waals surface area contributed by atoms with Crippen LogP contribution >= 0.6 is 0 Å². The third kappa shape index (κ3) is 3.50. The van der Waals surface area contributed by atoms with E-state index in [1.807, 2.05) is 35.2 Å². The maximum atomic E-state index is 13.2. The van der Waals surface area contributed by atoms with Gasteiger partial charge in [0.15, 0.2) is 6.10 Å². The predicted molar refractivity (Wildman–Crippen MR) is 101 cm³/mol. The molecule has 0 unspecified atom stereocenters. The number of epoxide rings is 1. The first-order valence-corrected chi connectivity index (χ1v) is 9.48. The Balaban J connectivity index is 1.52. The molecule has 0 N–H and O–H groups in total. The smallest absolute Gasteiger partial charge is 0.269 e. The van der Waals surface area contributed by atoms with Gasteiger partial charge >= 0.3 is 0 Å². The van der Waals surface area contributed by atoms with Crippen molar-refractivity contribution in [2.75, 3.05) is 6.61 Å². The molecule has 2 heterocycles. The highest BCUT2D eigenvalue weighted by Crippen LogP contribution is 2.43. The molecule has 4 atom stereocenters. The molecule has 28 heavy (non-hydrogen) atoms. The number of non-ortho nitro benzene ring substituents is 1. The minimum absolute atomic E-state index is 0.0207. The average molecular weight is 382 g/mol. The van der Waals surface area contributed by atoms with Crippen molar-refractivity contribution in [3.8, 4) is 0 Å². The van der Waals surface area contributed by atoms with E-state index in [2.05, 4.69) is 6.92 Å². The van der Waals surface area contributed by atoms with Crippen molar-refractivity contribution in [1.29, 1.82) is 0 Å². The molecule has 2 aliphatic heterocycles. The monoisotopic (exact) mass is 382 g/mol. The van der Waals surface area contributed by atoms with E-state index in [0.717, 1.165) is 24.0 Å². The first kappa shape index (κ1) is 18.6. The predicted octanol–water partition coefficient (Wildman–Crippen LogP) is 3.76. The number of nitro benzene ring substituents is 1. The number of ether oxygens (including phenoxy) is 2. The Morgan fingerprint density at radius 3 is 2.50 bits per heavy atom. The first-order chi connectivity index (χ1) is 13.6. The quantitative estimate of drug-likeness (QED) is 0.431. The zero-order valence-electron chi connectivity index (χ0n) is 15.6. The van der Waals surface area contributed by atoms with Gasteiger partial charge in [-0.2, -0.15) is 0 Å². The van der Waals surface area contributed by atoms with Crippen LogP contribution in [0.3, 0.4) is 0 Å². The molecule has 0 spiro atoms. The van der Waals surface area contributed by atoms with E-state index >= 15 is 0 Å². The highest BCUT2D eigenvalue weighted by atomic mass is 16.6. The Labute approximate surface area is 163 Å². The van der Waals surface area contributed by atoms with Crippen molar-refractivity contribution in [1.82, 2.24) is 4.90 Å². The summed E-state index contributed by atoms with van der Waals surface area (Å²) in [6.45, 7) is 2.53. The second-order valence-electron chi connectivity index (χ2n) is 7.07. The molecule has 7 nitrogen and oxygen atoms in total. The molecule has 146 valence electrons. The summed E-state index contributed by atoms with van der Waals surface area (Å²) in [6, 6.07) is 15.9. The van der Waals surface area contributed by atoms with Crippen LogP contribution in [-0.4, -0.2) is 34.7 Å². The summed E-state index contributed by atoms with van der Waals surface area (Å²) in [6.07, 6.45) is 0.475. The summed E-state index contributed by atoms with van der Waals surface area (Å²) in [5.41, 5.74) is 1.83. The molecular weight excluding hydrogens is 360 g/mol. The van der Waals surface area contributed by atoms with Crippen LogP contribution in [0.5, 0.6) is 0 Å². The summed E-state index contributed by atoms with van der Waals surface area (Å²) in [7, 11) is 0. The fraction of sp³-hybridized carbons (Fsp3) is 0.381. The Morgan fingerprint density at radius 1 is 1.14 bits per heavy atom. The number of nitro groups is 1. The lowest BCUT2D eigenvalue weighted by atomic mass is 10.0. The number of rotatable bonds is 6. The maximum Gasteiger partial charge on any atom is 0.269 e. The van der Waals surface area contributed by atoms with Crippen molar-refractivity contribution >= 4 is 11.6 Å². The van der Waals surface area contributed by atoms with Crippen LogP contribution in [0.2, 0.25) is 0 Å². The van der Waals surface area contributed by atoms with Gasteiger partial charge < -0.3 is 14.4 Å². The third-order valence-electron chi connectivity index (χ3n) is 5.23. The molecule has 1 amide bonds. The molecule has 7 heteroatoms. The number of hydrogen-bond donors (Lipinski definition) is 0. The molecule has 0 aromatic heterocycles. The number of amides is 1. The van der Waals surface area contributed by atoms with Crippen molar-refractivity contribution in [3.05, 3.63) is 75.8 Å². The van der Waals surface area contributed by atoms with Gasteiger partial charge in [-0.3, -0.25) is 14.9 Å². The largest absolute Gasteiger partial charge is 0.356 e. The van der Waals surface area contributed by atoms with Crippen LogP contribution in [0.1, 0.15) is 43.0 Å². The third-order valence-corrected chi connectivity index (χ3v) is 5.23. The van der Waals surface area contributed by atoms with Gasteiger partial charge in [0.05, 0.1) is 17.6 Å². The van der Waals surface area contributed by atoms with Gasteiger partial charge in [-0.25, -0.2) is 0 Å². The summed E-state index contributed by atoms with van der Waals surface area (Å²) >= 11 is 0. The SMILES string of the molecule is CCC[C@@H]1OC[C@@H](c2ccccc2)N1C(=O)[C@@H]1O[C@H]1c1ccc([N+](=O)[O-])cc1. The molecule has 0 bridgehead atoms. The molecule has 4 rings (SSSR count). The van der Waals surface area contributed by atoms with Crippen LogP contribution in [0.25, 0.3) is 0 Å². The second-order valence-corrected chi connectivity index (χ2v) is 7.07. The summed E-state index contributed by atoms with van der Waals surface area (Å²) in [4.78, 5) is 25.4. The lowest BCUT2D eigenvalue weighted by Crippen LogP contribution is -2.40. The van der Waals surface area contributed by atoms with Gasteiger partial charge in [0.25, 0.3) is 11.6 Å². The standard InChI is InChI=1S/C21H22N2O5/c1-2-6-18-22(17(13-27-18)14-7-4-3-5-8-14)21(24)20-19(28-20)15-9-11-16(12-10-15)23(25)26/h3-5,7-12,17-20H,2,6,13H2,1H3/t17-,18-,19-,20+/m0/s1. The van der Waals surface area contributed by atoms with E-state index < -0.39 is 11.0 Å². The van der Waals surface area contributed by atoms with Gasteiger partial charge in [-0.15, -0.1) is 0 Å². The molecule has 2 fully saturated rings. The average Bonchev–Trinajstić information content (AvgIpc) is 3.42. The van der Waals surface area contributed by atoms with E-state index in [1.165, 1.54) is 12.1 Å². The van der Waals surface area contributed by atoms with Crippen molar-refractivity contribution in [2.45, 2.75) is 44.2 Å². The van der Waals surface area contributed by atoms with Crippen LogP contribution in [-0.2, 0) is 14.3 Å². The number of benzene rings is 2. The fourth-order valence-corrected chi connectivity index (χ4v) is 3.75. The second kappa shape index (κ2) is 7.69. The zero-order valence-corrected chi connectivity index (χ0v) is 15.6. The Kier molecular flexibility index (Phi) is 5.11. The lowest BCUT2D eigenvalue weighted by Gasteiger charge is -2.28. The van der Waals surface area contributed by atoms with Gasteiger partial charge in [-0.1, -0.05) is 43.7 Å². The molecule has 2 aliphatic rings. The van der Waals surface area contributed by atoms with Gasteiger partial charge in [0, 0.05) is 12.1 Å². The molecule has 2 aromatic carbocycles. The van der Waals surface area contributed by atoms with Crippen molar-refractivity contribution in [2.24, 2.45) is 0 Å². The lowest BCUT2D eigenvalue weighted by molar-refractivity contribution is -0.384. The Bertz CT molecular complexity index is 855. The van der Waals surface area contributed by atoms with E-state index in [9.17, 15) is 14.9 Å². The maximum absolute atomic E-state index is 13.2. The Morgan fingerprint density at radius 2 is 1.86 bits per heavy atom. The summed E-state index contributed by atoms with van der Waals surface area (Å²) in [5.74, 6) is -0.0897. The molecule has 2 saturated heterocycles. The van der Waals surface area contributed by atoms with Crippen LogP contribution in [0, 0.1) is 10.1 Å². The van der Waals surface area contributed by atoms with Crippen molar-refractivity contribution in [3.63, 3.8) is 0 Å². The van der Waals surface area contributed by atoms with E-state index in [1.54, 1.807) is 12.1 Å². The topological polar surface area (TPSA) is 85.2 Å². The van der Waals surface area contributed by atoms with Crippen LogP contribution in [0.4, 0.5) is 5.69 Å². The number of hydrogen-bond acceptors (Lipinski definition) is 5. The highest BCUT2D eigenvalue weighted by molar-refractivity contribution is 5.85. The summed E-state index contributed by atoms with van der Waals surface area (Å²) in [5, 5.41) is 10.8. The highest BCUT2D eigenvalue weighted by Gasteiger charge is 2.52. The molecule has 0 saturated carbocycles. The van der Waals surface area contributed by atoms with Crippen LogP contribution < -0.4 is 0 Å². The molecule has 0 aliphatic carbocycles. The minimum Gasteiger partial charge on any atom is -0.356 e. The van der Waals surface area contributed by atoms with Crippen LogP contribution in [0.15, 0.2) is 54.6 Å². The van der Waals surface area contributed by atoms with E-state index in [4.69, 9.17) is 9.47 Å². The molecule has 0 radical (unpaired) electrons. The summed E-state index contributed by atoms with van der Waals surface area (Å²) < 4.78 is 11.6. The van der Waals surface area contributed by atoms with Gasteiger partial charge in [0.1, 0.15) is 12.3 Å². The molecule has 2 aromatic rings.